The maximum Gasteiger partial charge on any atom is 0.324 e. The third-order valence-electron chi connectivity index (χ3n) is 2.04. The molecule has 5 heteroatoms. The van der Waals surface area contributed by atoms with E-state index in [0.717, 1.165) is 11.8 Å². The second-order valence-corrected chi connectivity index (χ2v) is 3.25. The summed E-state index contributed by atoms with van der Waals surface area (Å²) in [6.45, 7) is 1.89. The maximum absolute atomic E-state index is 12.8. The van der Waals surface area contributed by atoms with Crippen LogP contribution in [0, 0.1) is 12.7 Å². The molecule has 1 aromatic carbocycles. The Morgan fingerprint density at radius 2 is 2.06 bits per heavy atom. The summed E-state index contributed by atoms with van der Waals surface area (Å²) in [5, 5.41) is 0. The minimum Gasteiger partial charge on any atom is -0.424 e. The first kappa shape index (κ1) is 10.4. The first-order chi connectivity index (χ1) is 7.66. The molecular weight excluding hydrogens is 209 g/mol. The number of aryl methyl sites for hydroxylation is 1. The highest BCUT2D eigenvalue weighted by atomic mass is 19.1. The smallest absolute Gasteiger partial charge is 0.324 e. The average Bonchev–Trinajstić information content (AvgIpc) is 2.27. The van der Waals surface area contributed by atoms with Crippen LogP contribution in [0.15, 0.2) is 30.5 Å². The summed E-state index contributed by atoms with van der Waals surface area (Å²) in [4.78, 5) is 7.37. The van der Waals surface area contributed by atoms with Crippen molar-refractivity contribution in [3.63, 3.8) is 0 Å². The fraction of sp³-hybridized carbons (Fsp3) is 0.0909. The summed E-state index contributed by atoms with van der Waals surface area (Å²) in [7, 11) is 0. The van der Waals surface area contributed by atoms with Gasteiger partial charge in [0.25, 0.3) is 0 Å². The van der Waals surface area contributed by atoms with E-state index in [9.17, 15) is 4.39 Å². The Morgan fingerprint density at radius 1 is 1.31 bits per heavy atom. The van der Waals surface area contributed by atoms with E-state index >= 15 is 0 Å². The number of nitrogen functional groups attached to an aromatic ring is 1. The summed E-state index contributed by atoms with van der Waals surface area (Å²) in [5.74, 6) is -0.260. The first-order valence-corrected chi connectivity index (χ1v) is 4.68. The Kier molecular flexibility index (Phi) is 2.68. The number of para-hydroxylation sites is 1. The monoisotopic (exact) mass is 219 g/mol. The highest BCUT2D eigenvalue weighted by Crippen LogP contribution is 2.22. The number of nitrogens with zero attached hydrogens (tertiary/aromatic N) is 2. The van der Waals surface area contributed by atoms with E-state index in [1.165, 1.54) is 0 Å². The molecule has 4 nitrogen and oxygen atoms in total. The third kappa shape index (κ3) is 2.08. The van der Waals surface area contributed by atoms with Crippen molar-refractivity contribution in [1.82, 2.24) is 9.97 Å². The molecule has 16 heavy (non-hydrogen) atoms. The van der Waals surface area contributed by atoms with Gasteiger partial charge in [-0.2, -0.15) is 4.98 Å². The molecule has 1 heterocycles. The van der Waals surface area contributed by atoms with Gasteiger partial charge in [-0.05, 0) is 18.6 Å². The second kappa shape index (κ2) is 4.14. The summed E-state index contributed by atoms with van der Waals surface area (Å²) < 4.78 is 18.2. The Balaban J connectivity index is 2.28. The number of benzene rings is 1. The van der Waals surface area contributed by atoms with E-state index in [0.29, 0.717) is 5.75 Å². The lowest BCUT2D eigenvalue weighted by atomic mass is 10.2. The molecule has 0 spiro atoms. The van der Waals surface area contributed by atoms with Crippen LogP contribution in [-0.4, -0.2) is 9.97 Å². The summed E-state index contributed by atoms with van der Waals surface area (Å²) in [6, 6.07) is 7.42. The van der Waals surface area contributed by atoms with Crippen molar-refractivity contribution in [1.29, 1.82) is 0 Å². The zero-order valence-corrected chi connectivity index (χ0v) is 8.64. The predicted octanol–water partition coefficient (Wildman–Crippen LogP) is 2.30. The Hall–Kier alpha value is -2.17. The molecule has 0 atom stereocenters. The average molecular weight is 219 g/mol. The van der Waals surface area contributed by atoms with Gasteiger partial charge in [-0.15, -0.1) is 0 Å². The standard InChI is InChI=1S/C11H10FN3O/c1-7-4-2-3-5-9(7)16-11-14-6-8(12)10(13)15-11/h2-6H,1H3,(H2,13,14,15). The molecule has 0 aliphatic carbocycles. The van der Waals surface area contributed by atoms with Crippen LogP contribution in [0.25, 0.3) is 0 Å². The van der Waals surface area contributed by atoms with Gasteiger partial charge in [0.2, 0.25) is 0 Å². The molecule has 0 saturated heterocycles. The first-order valence-electron chi connectivity index (χ1n) is 4.68. The van der Waals surface area contributed by atoms with Gasteiger partial charge in [0.1, 0.15) is 5.75 Å². The largest absolute Gasteiger partial charge is 0.424 e. The van der Waals surface area contributed by atoms with E-state index in [2.05, 4.69) is 9.97 Å². The molecule has 0 aliphatic rings. The molecule has 0 saturated carbocycles. The summed E-state index contributed by atoms with van der Waals surface area (Å²) >= 11 is 0. The number of anilines is 1. The zero-order valence-electron chi connectivity index (χ0n) is 8.64. The zero-order chi connectivity index (χ0) is 11.5. The number of rotatable bonds is 2. The number of nitrogens with two attached hydrogens (primary N) is 1. The second-order valence-electron chi connectivity index (χ2n) is 3.25. The van der Waals surface area contributed by atoms with Gasteiger partial charge in [0.15, 0.2) is 11.6 Å². The highest BCUT2D eigenvalue weighted by Gasteiger charge is 2.06. The minimum atomic E-state index is -0.655. The van der Waals surface area contributed by atoms with Crippen molar-refractivity contribution in [3.05, 3.63) is 41.8 Å². The molecule has 0 unspecified atom stereocenters. The number of ether oxygens (including phenoxy) is 1. The topological polar surface area (TPSA) is 61.0 Å². The number of hydrogen-bond donors (Lipinski definition) is 1. The molecule has 0 fully saturated rings. The van der Waals surface area contributed by atoms with Crippen molar-refractivity contribution in [2.75, 3.05) is 5.73 Å². The van der Waals surface area contributed by atoms with Gasteiger partial charge < -0.3 is 10.5 Å². The summed E-state index contributed by atoms with van der Waals surface area (Å²) in [6.07, 6.45) is 0.982. The van der Waals surface area contributed by atoms with E-state index in [1.807, 2.05) is 25.1 Å². The Morgan fingerprint density at radius 3 is 2.75 bits per heavy atom. The molecule has 2 aromatic rings. The molecular formula is C11H10FN3O. The van der Waals surface area contributed by atoms with Gasteiger partial charge in [0.05, 0.1) is 6.20 Å². The van der Waals surface area contributed by atoms with Crippen LogP contribution in [0.1, 0.15) is 5.56 Å². The Labute approximate surface area is 91.9 Å². The van der Waals surface area contributed by atoms with Crippen LogP contribution in [-0.2, 0) is 0 Å². The van der Waals surface area contributed by atoms with Crippen LogP contribution in [0.5, 0.6) is 11.8 Å². The van der Waals surface area contributed by atoms with E-state index in [1.54, 1.807) is 6.07 Å². The van der Waals surface area contributed by atoms with Crippen LogP contribution >= 0.6 is 0 Å². The lowest BCUT2D eigenvalue weighted by molar-refractivity contribution is 0.435. The quantitative estimate of drug-likeness (QED) is 0.841. The number of aromatic nitrogens is 2. The molecule has 0 radical (unpaired) electrons. The molecule has 2 N–H and O–H groups in total. The van der Waals surface area contributed by atoms with Crippen molar-refractivity contribution < 1.29 is 9.13 Å². The molecule has 0 bridgehead atoms. The Bertz CT molecular complexity index is 516. The number of halogens is 1. The van der Waals surface area contributed by atoms with E-state index in [4.69, 9.17) is 10.5 Å². The molecule has 2 rings (SSSR count). The highest BCUT2D eigenvalue weighted by molar-refractivity contribution is 5.35. The van der Waals surface area contributed by atoms with Crippen LogP contribution < -0.4 is 10.5 Å². The van der Waals surface area contributed by atoms with E-state index < -0.39 is 5.82 Å². The van der Waals surface area contributed by atoms with E-state index in [-0.39, 0.29) is 11.8 Å². The maximum atomic E-state index is 12.8. The number of hydrogen-bond acceptors (Lipinski definition) is 4. The van der Waals surface area contributed by atoms with Crippen molar-refractivity contribution in [2.45, 2.75) is 6.92 Å². The van der Waals surface area contributed by atoms with Gasteiger partial charge in [0, 0.05) is 0 Å². The lowest BCUT2D eigenvalue weighted by Gasteiger charge is -2.06. The van der Waals surface area contributed by atoms with Gasteiger partial charge in [-0.1, -0.05) is 18.2 Å². The normalized spacial score (nSPS) is 10.1. The molecule has 1 aromatic heterocycles. The minimum absolute atomic E-state index is 0.0354. The third-order valence-corrected chi connectivity index (χ3v) is 2.04. The van der Waals surface area contributed by atoms with Crippen molar-refractivity contribution >= 4 is 5.82 Å². The van der Waals surface area contributed by atoms with Gasteiger partial charge in [-0.3, -0.25) is 0 Å². The van der Waals surface area contributed by atoms with Gasteiger partial charge in [-0.25, -0.2) is 9.37 Å². The molecule has 0 amide bonds. The van der Waals surface area contributed by atoms with Gasteiger partial charge >= 0.3 is 6.01 Å². The van der Waals surface area contributed by atoms with Crippen molar-refractivity contribution in [2.24, 2.45) is 0 Å². The van der Waals surface area contributed by atoms with Crippen LogP contribution in [0.4, 0.5) is 10.2 Å². The SMILES string of the molecule is Cc1ccccc1Oc1ncc(F)c(N)n1. The summed E-state index contributed by atoms with van der Waals surface area (Å²) in [5.41, 5.74) is 6.25. The molecule has 82 valence electrons. The lowest BCUT2D eigenvalue weighted by Crippen LogP contribution is -2.00. The fourth-order valence-electron chi connectivity index (χ4n) is 1.18. The van der Waals surface area contributed by atoms with Crippen molar-refractivity contribution in [3.8, 4) is 11.8 Å². The predicted molar refractivity (Wildman–Crippen MR) is 57.7 cm³/mol. The van der Waals surface area contributed by atoms with Crippen LogP contribution in [0.3, 0.4) is 0 Å². The molecule has 0 aliphatic heterocycles. The fourth-order valence-corrected chi connectivity index (χ4v) is 1.18. The van der Waals surface area contributed by atoms with Crippen LogP contribution in [0.2, 0.25) is 0 Å².